The first-order valence-electron chi connectivity index (χ1n) is 5.46. The summed E-state index contributed by atoms with van der Waals surface area (Å²) >= 11 is 0. The molecule has 0 amide bonds. The van der Waals surface area contributed by atoms with Crippen LogP contribution in [0.3, 0.4) is 0 Å². The molecule has 0 bridgehead atoms. The lowest BCUT2D eigenvalue weighted by atomic mass is 10.2. The zero-order chi connectivity index (χ0) is 14.7. The van der Waals surface area contributed by atoms with Gasteiger partial charge in [0.25, 0.3) is 5.69 Å². The number of nitro benzene ring substituents is 1. The molecule has 8 heteroatoms. The van der Waals surface area contributed by atoms with Gasteiger partial charge in [-0.1, -0.05) is 0 Å². The molecule has 0 unspecified atom stereocenters. The van der Waals surface area contributed by atoms with Gasteiger partial charge >= 0.3 is 5.97 Å². The van der Waals surface area contributed by atoms with E-state index in [-0.39, 0.29) is 23.5 Å². The minimum atomic E-state index is -1.12. The molecule has 0 aliphatic carbocycles. The molecule has 0 fully saturated rings. The summed E-state index contributed by atoms with van der Waals surface area (Å²) in [7, 11) is 0. The molecule has 1 heterocycles. The van der Waals surface area contributed by atoms with Crippen molar-refractivity contribution in [3.8, 4) is 0 Å². The number of furan rings is 1. The Balaban J connectivity index is 2.06. The lowest BCUT2D eigenvalue weighted by Gasteiger charge is -2.05. The molecule has 1 aromatic carbocycles. The van der Waals surface area contributed by atoms with Gasteiger partial charge < -0.3 is 14.8 Å². The molecular weight excluding hydrogens is 271 g/mol. The highest BCUT2D eigenvalue weighted by Gasteiger charge is 2.12. The van der Waals surface area contributed by atoms with Crippen molar-refractivity contribution in [3.63, 3.8) is 0 Å². The number of nitrogens with zero attached hydrogens (tertiary/aromatic N) is 1. The van der Waals surface area contributed by atoms with Crippen LogP contribution in [-0.4, -0.2) is 16.0 Å². The molecule has 0 spiro atoms. The quantitative estimate of drug-likeness (QED) is 0.644. The van der Waals surface area contributed by atoms with Crippen molar-refractivity contribution in [1.82, 2.24) is 0 Å². The Morgan fingerprint density at radius 3 is 2.75 bits per heavy atom. The maximum absolute atomic E-state index is 13.6. The van der Waals surface area contributed by atoms with E-state index in [1.165, 1.54) is 12.1 Å². The largest absolute Gasteiger partial charge is 0.478 e. The van der Waals surface area contributed by atoms with Gasteiger partial charge in [0.1, 0.15) is 12.0 Å². The molecule has 20 heavy (non-hydrogen) atoms. The molecule has 0 saturated heterocycles. The van der Waals surface area contributed by atoms with Crippen molar-refractivity contribution in [2.24, 2.45) is 0 Å². The van der Waals surface area contributed by atoms with Gasteiger partial charge in [-0.05, 0) is 12.1 Å². The van der Waals surface area contributed by atoms with Gasteiger partial charge in [0, 0.05) is 6.07 Å². The number of anilines is 1. The monoisotopic (exact) mass is 280 g/mol. The molecule has 104 valence electrons. The van der Waals surface area contributed by atoms with Gasteiger partial charge in [0.15, 0.2) is 5.82 Å². The third-order valence-electron chi connectivity index (χ3n) is 2.52. The first kappa shape index (κ1) is 13.5. The summed E-state index contributed by atoms with van der Waals surface area (Å²) in [4.78, 5) is 20.4. The molecule has 1 aromatic heterocycles. The van der Waals surface area contributed by atoms with Gasteiger partial charge in [-0.2, -0.15) is 0 Å². The molecular formula is C12H9FN2O5. The van der Waals surface area contributed by atoms with Crippen LogP contribution in [0.2, 0.25) is 0 Å². The minimum Gasteiger partial charge on any atom is -0.478 e. The Morgan fingerprint density at radius 2 is 2.20 bits per heavy atom. The second kappa shape index (κ2) is 5.39. The highest BCUT2D eigenvalue weighted by atomic mass is 19.1. The van der Waals surface area contributed by atoms with Gasteiger partial charge in [-0.25, -0.2) is 9.18 Å². The smallest absolute Gasteiger partial charge is 0.338 e. The van der Waals surface area contributed by atoms with E-state index in [0.29, 0.717) is 5.76 Å². The van der Waals surface area contributed by atoms with E-state index in [4.69, 9.17) is 9.52 Å². The van der Waals surface area contributed by atoms with E-state index in [1.807, 2.05) is 0 Å². The lowest BCUT2D eigenvalue weighted by Crippen LogP contribution is -2.01. The van der Waals surface area contributed by atoms with E-state index >= 15 is 0 Å². The van der Waals surface area contributed by atoms with Crippen LogP contribution in [0, 0.1) is 15.9 Å². The predicted molar refractivity (Wildman–Crippen MR) is 66.0 cm³/mol. The number of benzene rings is 1. The van der Waals surface area contributed by atoms with Crippen molar-refractivity contribution in [1.29, 1.82) is 0 Å². The van der Waals surface area contributed by atoms with E-state index in [2.05, 4.69) is 5.32 Å². The van der Waals surface area contributed by atoms with E-state index in [1.54, 1.807) is 0 Å². The maximum Gasteiger partial charge on any atom is 0.338 e. The maximum atomic E-state index is 13.6. The van der Waals surface area contributed by atoms with E-state index in [0.717, 1.165) is 18.4 Å². The highest BCUT2D eigenvalue weighted by Crippen LogP contribution is 2.21. The SMILES string of the molecule is O=C(O)c1coc(CNc2ccc([N+](=O)[O-])cc2F)c1. The standard InChI is InChI=1S/C12H9FN2O5/c13-10-4-8(15(18)19)1-2-11(10)14-5-9-3-7(6-20-9)12(16)17/h1-4,6,14H,5H2,(H,16,17). The third kappa shape index (κ3) is 2.91. The topological polar surface area (TPSA) is 106 Å². The Morgan fingerprint density at radius 1 is 1.45 bits per heavy atom. The Labute approximate surface area is 111 Å². The first-order valence-corrected chi connectivity index (χ1v) is 5.46. The normalized spacial score (nSPS) is 10.2. The zero-order valence-corrected chi connectivity index (χ0v) is 10.00. The zero-order valence-electron chi connectivity index (χ0n) is 10.00. The number of nitrogens with one attached hydrogen (secondary N) is 1. The second-order valence-corrected chi connectivity index (χ2v) is 3.88. The van der Waals surface area contributed by atoms with Crippen LogP contribution < -0.4 is 5.32 Å². The van der Waals surface area contributed by atoms with Crippen molar-refractivity contribution in [2.75, 3.05) is 5.32 Å². The minimum absolute atomic E-state index is 0.00836. The predicted octanol–water partition coefficient (Wildman–Crippen LogP) is 2.64. The lowest BCUT2D eigenvalue weighted by molar-refractivity contribution is -0.385. The van der Waals surface area contributed by atoms with Crippen molar-refractivity contribution < 1.29 is 23.6 Å². The summed E-state index contributed by atoms with van der Waals surface area (Å²) in [6.45, 7) is 0.0576. The van der Waals surface area contributed by atoms with Gasteiger partial charge in [0.2, 0.25) is 0 Å². The molecule has 2 rings (SSSR count). The van der Waals surface area contributed by atoms with Gasteiger partial charge in [0.05, 0.1) is 28.8 Å². The summed E-state index contributed by atoms with van der Waals surface area (Å²) in [6.07, 6.45) is 1.07. The Bertz CT molecular complexity index is 668. The highest BCUT2D eigenvalue weighted by molar-refractivity contribution is 5.87. The van der Waals surface area contributed by atoms with Crippen LogP contribution in [0.25, 0.3) is 0 Å². The number of carbonyl (C=O) groups is 1. The molecule has 2 aromatic rings. The fourth-order valence-electron chi connectivity index (χ4n) is 1.53. The van der Waals surface area contributed by atoms with E-state index in [9.17, 15) is 19.3 Å². The molecule has 0 saturated carbocycles. The number of nitro groups is 1. The van der Waals surface area contributed by atoms with Crippen LogP contribution >= 0.6 is 0 Å². The van der Waals surface area contributed by atoms with Crippen LogP contribution in [0.15, 0.2) is 34.9 Å². The first-order chi connectivity index (χ1) is 9.47. The summed E-state index contributed by atoms with van der Waals surface area (Å²) in [6, 6.07) is 4.50. The molecule has 7 nitrogen and oxygen atoms in total. The number of rotatable bonds is 5. The summed E-state index contributed by atoms with van der Waals surface area (Å²) in [5.41, 5.74) is -0.297. The fraction of sp³-hybridized carbons (Fsp3) is 0.0833. The van der Waals surface area contributed by atoms with Gasteiger partial charge in [-0.15, -0.1) is 0 Å². The molecule has 0 aliphatic rings. The van der Waals surface area contributed by atoms with Crippen molar-refractivity contribution >= 4 is 17.3 Å². The number of hydrogen-bond donors (Lipinski definition) is 2. The molecule has 2 N–H and O–H groups in total. The number of hydrogen-bond acceptors (Lipinski definition) is 5. The van der Waals surface area contributed by atoms with Crippen molar-refractivity contribution in [2.45, 2.75) is 6.54 Å². The van der Waals surface area contributed by atoms with Crippen molar-refractivity contribution in [3.05, 3.63) is 57.8 Å². The Kier molecular flexibility index (Phi) is 3.65. The van der Waals surface area contributed by atoms with Crippen LogP contribution in [0.1, 0.15) is 16.1 Å². The van der Waals surface area contributed by atoms with Crippen LogP contribution in [0.4, 0.5) is 15.8 Å². The van der Waals surface area contributed by atoms with Crippen LogP contribution in [-0.2, 0) is 6.54 Å². The number of carboxylic acid groups (broad SMARTS) is 1. The average Bonchev–Trinajstić information content (AvgIpc) is 2.86. The fourth-order valence-corrected chi connectivity index (χ4v) is 1.53. The molecule has 0 radical (unpaired) electrons. The average molecular weight is 280 g/mol. The number of carboxylic acids is 1. The summed E-state index contributed by atoms with van der Waals surface area (Å²) in [5, 5.41) is 21.8. The molecule has 0 atom stereocenters. The second-order valence-electron chi connectivity index (χ2n) is 3.88. The Hall–Kier alpha value is -2.90. The number of non-ortho nitro benzene ring substituents is 1. The van der Waals surface area contributed by atoms with E-state index < -0.39 is 16.7 Å². The van der Waals surface area contributed by atoms with Crippen LogP contribution in [0.5, 0.6) is 0 Å². The van der Waals surface area contributed by atoms with Gasteiger partial charge in [-0.3, -0.25) is 10.1 Å². The molecule has 0 aliphatic heterocycles. The summed E-state index contributed by atoms with van der Waals surface area (Å²) in [5.74, 6) is -1.59. The summed E-state index contributed by atoms with van der Waals surface area (Å²) < 4.78 is 18.5. The number of aromatic carboxylic acids is 1. The number of halogens is 1. The third-order valence-corrected chi connectivity index (χ3v) is 2.52.